The second-order valence-electron chi connectivity index (χ2n) is 5.18. The highest BCUT2D eigenvalue weighted by molar-refractivity contribution is 5.90. The number of phenols is 1. The molecule has 0 spiro atoms. The first-order chi connectivity index (χ1) is 10.2. The van der Waals surface area contributed by atoms with Crippen molar-refractivity contribution in [3.05, 3.63) is 23.8 Å². The highest BCUT2D eigenvalue weighted by Crippen LogP contribution is 2.22. The van der Waals surface area contributed by atoms with Crippen LogP contribution in [-0.2, 0) is 4.74 Å². The Morgan fingerprint density at radius 1 is 1.05 bits per heavy atom. The largest absolute Gasteiger partial charge is 0.508 e. The quantitative estimate of drug-likeness (QED) is 0.516. The first kappa shape index (κ1) is 17.3. The molecule has 0 aliphatic rings. The second kappa shape index (κ2) is 10.1. The fourth-order valence-corrected chi connectivity index (χ4v) is 2.13. The summed E-state index contributed by atoms with van der Waals surface area (Å²) >= 11 is 0. The van der Waals surface area contributed by atoms with E-state index in [1.165, 1.54) is 51.3 Å². The Labute approximate surface area is 127 Å². The summed E-state index contributed by atoms with van der Waals surface area (Å²) in [4.78, 5) is 11.9. The first-order valence-corrected chi connectivity index (χ1v) is 7.72. The van der Waals surface area contributed by atoms with Crippen LogP contribution in [0.4, 0.5) is 0 Å². The Morgan fingerprint density at radius 2 is 1.71 bits per heavy atom. The first-order valence-electron chi connectivity index (χ1n) is 7.72. The van der Waals surface area contributed by atoms with Gasteiger partial charge in [0.2, 0.25) is 0 Å². The number of hydrogen-bond donors (Lipinski definition) is 1. The Morgan fingerprint density at radius 3 is 2.38 bits per heavy atom. The molecule has 0 radical (unpaired) electrons. The maximum absolute atomic E-state index is 11.9. The summed E-state index contributed by atoms with van der Waals surface area (Å²) in [5, 5.41) is 9.50. The van der Waals surface area contributed by atoms with Crippen molar-refractivity contribution in [3.8, 4) is 11.5 Å². The number of phenolic OH excluding ortho intramolecular Hbond substituents is 1. The molecule has 1 rings (SSSR count). The zero-order valence-electron chi connectivity index (χ0n) is 13.1. The van der Waals surface area contributed by atoms with E-state index >= 15 is 0 Å². The Kier molecular flexibility index (Phi) is 8.32. The molecule has 0 fully saturated rings. The average Bonchev–Trinajstić information content (AvgIpc) is 2.49. The van der Waals surface area contributed by atoms with E-state index in [1.807, 2.05) is 0 Å². The van der Waals surface area contributed by atoms with Crippen molar-refractivity contribution >= 4 is 5.97 Å². The summed E-state index contributed by atoms with van der Waals surface area (Å²) in [5.74, 6) is 0.0188. The third-order valence-electron chi connectivity index (χ3n) is 3.34. The van der Waals surface area contributed by atoms with Crippen LogP contribution in [0.2, 0.25) is 0 Å². The minimum Gasteiger partial charge on any atom is -0.508 e. The van der Waals surface area contributed by atoms with Crippen LogP contribution in [-0.4, -0.2) is 24.8 Å². The lowest BCUT2D eigenvalue weighted by molar-refractivity contribution is 0.0497. The van der Waals surface area contributed by atoms with E-state index in [1.54, 1.807) is 6.07 Å². The number of hydrogen-bond acceptors (Lipinski definition) is 4. The molecule has 0 aliphatic carbocycles. The van der Waals surface area contributed by atoms with Gasteiger partial charge in [0.15, 0.2) is 0 Å². The van der Waals surface area contributed by atoms with Crippen LogP contribution < -0.4 is 4.74 Å². The summed E-state index contributed by atoms with van der Waals surface area (Å²) < 4.78 is 10.2. The normalized spacial score (nSPS) is 10.4. The van der Waals surface area contributed by atoms with Crippen molar-refractivity contribution in [2.75, 3.05) is 13.7 Å². The fraction of sp³-hybridized carbons (Fsp3) is 0.588. The third-order valence-corrected chi connectivity index (χ3v) is 3.34. The molecule has 0 heterocycles. The minimum absolute atomic E-state index is 0.00257. The number of rotatable bonds is 10. The molecule has 4 nitrogen and oxygen atoms in total. The molecule has 1 N–H and O–H groups in total. The van der Waals surface area contributed by atoms with Gasteiger partial charge in [0, 0.05) is 6.07 Å². The highest BCUT2D eigenvalue weighted by Gasteiger charge is 2.10. The molecule has 0 bridgehead atoms. The van der Waals surface area contributed by atoms with Gasteiger partial charge in [-0.15, -0.1) is 0 Å². The molecule has 0 aliphatic heterocycles. The average molecular weight is 294 g/mol. The predicted octanol–water partition coefficient (Wildman–Crippen LogP) is 4.31. The second-order valence-corrected chi connectivity index (χ2v) is 5.18. The van der Waals surface area contributed by atoms with E-state index in [9.17, 15) is 9.90 Å². The van der Waals surface area contributed by atoms with Crippen LogP contribution in [0, 0.1) is 0 Å². The number of esters is 1. The van der Waals surface area contributed by atoms with Gasteiger partial charge in [-0.3, -0.25) is 0 Å². The fourth-order valence-electron chi connectivity index (χ4n) is 2.13. The van der Waals surface area contributed by atoms with Crippen molar-refractivity contribution in [1.29, 1.82) is 0 Å². The van der Waals surface area contributed by atoms with Gasteiger partial charge >= 0.3 is 5.97 Å². The number of carbonyl (C=O) groups is 1. The number of methoxy groups -OCH3 is 1. The van der Waals surface area contributed by atoms with Crippen molar-refractivity contribution in [2.24, 2.45) is 0 Å². The molecule has 1 aromatic carbocycles. The molecule has 21 heavy (non-hydrogen) atoms. The topological polar surface area (TPSA) is 55.8 Å². The number of benzene rings is 1. The summed E-state index contributed by atoms with van der Waals surface area (Å²) in [6, 6.07) is 4.40. The molecule has 0 amide bonds. The SMILES string of the molecule is CCCCCCCCCOC(=O)c1cc(O)cc(OC)c1. The molecule has 118 valence electrons. The van der Waals surface area contributed by atoms with Gasteiger partial charge in [-0.05, 0) is 18.6 Å². The van der Waals surface area contributed by atoms with E-state index in [4.69, 9.17) is 9.47 Å². The molecule has 0 aromatic heterocycles. The van der Waals surface area contributed by atoms with Crippen molar-refractivity contribution in [2.45, 2.75) is 51.9 Å². The Hall–Kier alpha value is -1.71. The van der Waals surface area contributed by atoms with E-state index in [0.29, 0.717) is 17.9 Å². The smallest absolute Gasteiger partial charge is 0.338 e. The Balaban J connectivity index is 2.23. The Bertz CT molecular complexity index is 429. The van der Waals surface area contributed by atoms with E-state index in [2.05, 4.69) is 6.92 Å². The van der Waals surface area contributed by atoms with E-state index in [-0.39, 0.29) is 5.75 Å². The van der Waals surface area contributed by atoms with Gasteiger partial charge in [-0.1, -0.05) is 45.4 Å². The maximum atomic E-state index is 11.9. The van der Waals surface area contributed by atoms with Gasteiger partial charge < -0.3 is 14.6 Å². The molecule has 4 heteroatoms. The van der Waals surface area contributed by atoms with Gasteiger partial charge in [-0.25, -0.2) is 4.79 Å². The van der Waals surface area contributed by atoms with E-state index in [0.717, 1.165) is 12.8 Å². The molecular weight excluding hydrogens is 268 g/mol. The van der Waals surface area contributed by atoms with Crippen LogP contribution in [0.5, 0.6) is 11.5 Å². The maximum Gasteiger partial charge on any atom is 0.338 e. The van der Waals surface area contributed by atoms with Crippen LogP contribution in [0.3, 0.4) is 0 Å². The molecule has 0 saturated carbocycles. The van der Waals surface area contributed by atoms with Gasteiger partial charge in [0.1, 0.15) is 11.5 Å². The van der Waals surface area contributed by atoms with Gasteiger partial charge in [0.25, 0.3) is 0 Å². The molecule has 1 aromatic rings. The lowest BCUT2D eigenvalue weighted by atomic mass is 10.1. The van der Waals surface area contributed by atoms with E-state index < -0.39 is 5.97 Å². The zero-order chi connectivity index (χ0) is 15.5. The van der Waals surface area contributed by atoms with Gasteiger partial charge in [-0.2, -0.15) is 0 Å². The molecule has 0 unspecified atom stereocenters. The van der Waals surface area contributed by atoms with Gasteiger partial charge in [0.05, 0.1) is 19.3 Å². The lowest BCUT2D eigenvalue weighted by Crippen LogP contribution is -2.06. The number of carbonyl (C=O) groups excluding carboxylic acids is 1. The van der Waals surface area contributed by atoms with Crippen molar-refractivity contribution in [3.63, 3.8) is 0 Å². The third kappa shape index (κ3) is 7.02. The lowest BCUT2D eigenvalue weighted by Gasteiger charge is -2.07. The number of unbranched alkanes of at least 4 members (excludes halogenated alkanes) is 6. The summed E-state index contributed by atoms with van der Waals surface area (Å²) in [6.45, 7) is 2.63. The number of aromatic hydroxyl groups is 1. The van der Waals surface area contributed by atoms with Crippen LogP contribution >= 0.6 is 0 Å². The molecular formula is C17H26O4. The van der Waals surface area contributed by atoms with Crippen molar-refractivity contribution < 1.29 is 19.4 Å². The molecule has 0 atom stereocenters. The molecule has 0 saturated heterocycles. The van der Waals surface area contributed by atoms with Crippen molar-refractivity contribution in [1.82, 2.24) is 0 Å². The highest BCUT2D eigenvalue weighted by atomic mass is 16.5. The van der Waals surface area contributed by atoms with Crippen LogP contribution in [0.1, 0.15) is 62.2 Å². The standard InChI is InChI=1S/C17H26O4/c1-3-4-5-6-7-8-9-10-21-17(19)14-11-15(18)13-16(12-14)20-2/h11-13,18H,3-10H2,1-2H3. The van der Waals surface area contributed by atoms with Crippen LogP contribution in [0.25, 0.3) is 0 Å². The number of ether oxygens (including phenoxy) is 2. The predicted molar refractivity (Wildman–Crippen MR) is 82.9 cm³/mol. The minimum atomic E-state index is -0.421. The van der Waals surface area contributed by atoms with Crippen LogP contribution in [0.15, 0.2) is 18.2 Å². The summed E-state index contributed by atoms with van der Waals surface area (Å²) in [5.41, 5.74) is 0.315. The summed E-state index contributed by atoms with van der Waals surface area (Å²) in [7, 11) is 1.49. The zero-order valence-corrected chi connectivity index (χ0v) is 13.1. The monoisotopic (exact) mass is 294 g/mol. The summed E-state index contributed by atoms with van der Waals surface area (Å²) in [6.07, 6.45) is 8.26.